The van der Waals surface area contributed by atoms with Crippen molar-refractivity contribution in [2.24, 2.45) is 5.73 Å². The quantitative estimate of drug-likeness (QED) is 0.497. The van der Waals surface area contributed by atoms with E-state index >= 15 is 0 Å². The van der Waals surface area contributed by atoms with Crippen molar-refractivity contribution in [2.75, 3.05) is 0 Å². The van der Waals surface area contributed by atoms with Crippen LogP contribution in [-0.2, 0) is 0 Å². The van der Waals surface area contributed by atoms with E-state index in [1.54, 1.807) is 6.92 Å². The predicted octanol–water partition coefficient (Wildman–Crippen LogP) is 1.06. The van der Waals surface area contributed by atoms with Crippen molar-refractivity contribution in [3.63, 3.8) is 0 Å². The molecule has 2 nitrogen and oxygen atoms in total. The van der Waals surface area contributed by atoms with E-state index in [4.69, 9.17) is 22.7 Å². The summed E-state index contributed by atoms with van der Waals surface area (Å²) >= 11 is 5.16. The lowest BCUT2D eigenvalue weighted by molar-refractivity contribution is 1.44. The molecule has 0 atom stereocenters. The van der Waals surface area contributed by atoms with Gasteiger partial charge >= 0.3 is 0 Å². The number of allylic oxidation sites excluding steroid dienone is 1. The molecule has 0 rings (SSSR count). The van der Waals surface area contributed by atoms with Crippen LogP contribution in [0.2, 0.25) is 0 Å². The number of hydrogen-bond acceptors (Lipinski definition) is 2. The van der Waals surface area contributed by atoms with Crippen molar-refractivity contribution >= 4 is 16.8 Å². The minimum Gasteiger partial charge on any atom is -0.404 e. The summed E-state index contributed by atoms with van der Waals surface area (Å²) < 4.78 is 0. The molecule has 0 saturated carbocycles. The molecule has 3 N–H and O–H groups in total. The summed E-state index contributed by atoms with van der Waals surface area (Å²) in [5.41, 5.74) is 5.58. The summed E-state index contributed by atoms with van der Waals surface area (Å²) in [5, 5.41) is 6.72. The van der Waals surface area contributed by atoms with Gasteiger partial charge in [0, 0.05) is 5.57 Å². The molecule has 40 valence electrons. The van der Waals surface area contributed by atoms with E-state index in [1.165, 1.54) is 6.20 Å². The molecule has 0 aromatic carbocycles. The molecule has 0 amide bonds. The Labute approximate surface area is 47.5 Å². The van der Waals surface area contributed by atoms with Crippen LogP contribution in [0.25, 0.3) is 0 Å². The Morgan fingerprint density at radius 3 is 2.29 bits per heavy atom. The third kappa shape index (κ3) is 2.23. The minimum absolute atomic E-state index is 0.00231. The first kappa shape index (κ1) is 6.50. The van der Waals surface area contributed by atoms with E-state index in [-0.39, 0.29) is 5.17 Å². The molecule has 0 aliphatic heterocycles. The Kier molecular flexibility index (Phi) is 2.45. The van der Waals surface area contributed by atoms with Crippen LogP contribution in [0.4, 0.5) is 0 Å². The highest BCUT2D eigenvalue weighted by atomic mass is 35.5. The smallest absolute Gasteiger partial charge is 0.125 e. The molecule has 0 aromatic heterocycles. The summed E-state index contributed by atoms with van der Waals surface area (Å²) in [4.78, 5) is 0. The number of nitrogens with two attached hydrogens (primary N) is 1. The van der Waals surface area contributed by atoms with Gasteiger partial charge in [0.15, 0.2) is 0 Å². The Bertz CT molecular complexity index is 106. The maximum atomic E-state index is 6.72. The fraction of sp³-hybridized carbons (Fsp3) is 0.250. The Hall–Kier alpha value is -0.500. The predicted molar refractivity (Wildman–Crippen MR) is 31.5 cm³/mol. The van der Waals surface area contributed by atoms with Gasteiger partial charge in [-0.1, -0.05) is 11.6 Å². The second kappa shape index (κ2) is 2.64. The van der Waals surface area contributed by atoms with Crippen LogP contribution in [0.5, 0.6) is 0 Å². The summed E-state index contributed by atoms with van der Waals surface area (Å²) in [6, 6.07) is 0. The maximum absolute atomic E-state index is 6.72. The molecule has 0 unspecified atom stereocenters. The summed E-state index contributed by atoms with van der Waals surface area (Å²) in [6.45, 7) is 1.68. The van der Waals surface area contributed by atoms with Gasteiger partial charge in [-0.2, -0.15) is 0 Å². The Morgan fingerprint density at radius 2 is 2.29 bits per heavy atom. The molecule has 0 radical (unpaired) electrons. The van der Waals surface area contributed by atoms with Gasteiger partial charge < -0.3 is 5.73 Å². The van der Waals surface area contributed by atoms with Crippen LogP contribution in [0.3, 0.4) is 0 Å². The molecule has 7 heavy (non-hydrogen) atoms. The third-order valence-corrected chi connectivity index (χ3v) is 0.894. The standard InChI is InChI=1S/C4H7ClN2/c1-3(2-6)4(5)7/h2,7H,6H2,1H3. The van der Waals surface area contributed by atoms with Gasteiger partial charge in [-0.25, -0.2) is 0 Å². The molecule has 3 heteroatoms. The largest absolute Gasteiger partial charge is 0.404 e. The zero-order valence-electron chi connectivity index (χ0n) is 4.03. The molecule has 0 aliphatic rings. The lowest BCUT2D eigenvalue weighted by Crippen LogP contribution is -1.90. The molecule has 0 saturated heterocycles. The molecule has 0 fully saturated rings. The van der Waals surface area contributed by atoms with Crippen LogP contribution < -0.4 is 5.73 Å². The second-order valence-electron chi connectivity index (χ2n) is 1.16. The van der Waals surface area contributed by atoms with Crippen LogP contribution in [0.15, 0.2) is 11.8 Å². The Balaban J connectivity index is 3.82. The van der Waals surface area contributed by atoms with E-state index in [0.29, 0.717) is 5.57 Å². The average molecular weight is 119 g/mol. The maximum Gasteiger partial charge on any atom is 0.125 e. The van der Waals surface area contributed by atoms with Gasteiger partial charge in [-0.3, -0.25) is 5.41 Å². The number of rotatable bonds is 1. The first-order chi connectivity index (χ1) is 3.18. The van der Waals surface area contributed by atoms with Gasteiger partial charge in [0.1, 0.15) is 5.17 Å². The zero-order chi connectivity index (χ0) is 5.86. The summed E-state index contributed by atoms with van der Waals surface area (Å²) in [5.74, 6) is 0. The highest BCUT2D eigenvalue weighted by molar-refractivity contribution is 6.68. The number of hydrogen-bond donors (Lipinski definition) is 2. The molecule has 0 bridgehead atoms. The van der Waals surface area contributed by atoms with Gasteiger partial charge in [-0.05, 0) is 13.1 Å². The fourth-order valence-corrected chi connectivity index (χ4v) is 0.136. The summed E-state index contributed by atoms with van der Waals surface area (Å²) in [6.07, 6.45) is 1.30. The van der Waals surface area contributed by atoms with E-state index in [2.05, 4.69) is 0 Å². The van der Waals surface area contributed by atoms with Gasteiger partial charge in [-0.15, -0.1) is 0 Å². The third-order valence-electron chi connectivity index (χ3n) is 0.596. The lowest BCUT2D eigenvalue weighted by Gasteiger charge is -1.86. The van der Waals surface area contributed by atoms with E-state index < -0.39 is 0 Å². The van der Waals surface area contributed by atoms with E-state index in [0.717, 1.165) is 0 Å². The average Bonchev–Trinajstić information content (AvgIpc) is 1.65. The van der Waals surface area contributed by atoms with Crippen LogP contribution in [-0.4, -0.2) is 5.17 Å². The fourth-order valence-electron chi connectivity index (χ4n) is 0.0732. The number of nitrogens with one attached hydrogen (secondary N) is 1. The minimum atomic E-state index is 0.00231. The molecular weight excluding hydrogens is 112 g/mol. The summed E-state index contributed by atoms with van der Waals surface area (Å²) in [7, 11) is 0. The van der Waals surface area contributed by atoms with Gasteiger partial charge in [0.05, 0.1) is 0 Å². The highest BCUT2D eigenvalue weighted by Gasteiger charge is 1.88. The molecule has 0 spiro atoms. The van der Waals surface area contributed by atoms with Crippen molar-refractivity contribution < 1.29 is 0 Å². The monoisotopic (exact) mass is 118 g/mol. The highest BCUT2D eigenvalue weighted by Crippen LogP contribution is 1.94. The van der Waals surface area contributed by atoms with Crippen LogP contribution in [0, 0.1) is 5.41 Å². The van der Waals surface area contributed by atoms with Gasteiger partial charge in [0.2, 0.25) is 0 Å². The molecule has 0 heterocycles. The van der Waals surface area contributed by atoms with Crippen molar-refractivity contribution in [1.82, 2.24) is 0 Å². The first-order valence-electron chi connectivity index (χ1n) is 1.81. The SMILES string of the molecule is CC(=CN)C(=N)Cl. The zero-order valence-corrected chi connectivity index (χ0v) is 4.79. The van der Waals surface area contributed by atoms with E-state index in [9.17, 15) is 0 Å². The van der Waals surface area contributed by atoms with Crippen molar-refractivity contribution in [3.8, 4) is 0 Å². The Morgan fingerprint density at radius 1 is 1.86 bits per heavy atom. The molecule has 0 aliphatic carbocycles. The van der Waals surface area contributed by atoms with Crippen molar-refractivity contribution in [3.05, 3.63) is 11.8 Å². The second-order valence-corrected chi connectivity index (χ2v) is 1.54. The van der Waals surface area contributed by atoms with Crippen molar-refractivity contribution in [1.29, 1.82) is 5.41 Å². The van der Waals surface area contributed by atoms with E-state index in [1.807, 2.05) is 0 Å². The normalized spacial score (nSPS) is 11.4. The topological polar surface area (TPSA) is 49.9 Å². The van der Waals surface area contributed by atoms with Crippen LogP contribution in [0.1, 0.15) is 6.92 Å². The molecule has 0 aromatic rings. The lowest BCUT2D eigenvalue weighted by atomic mass is 10.4. The number of halogens is 1. The van der Waals surface area contributed by atoms with Crippen molar-refractivity contribution in [2.45, 2.75) is 6.92 Å². The first-order valence-corrected chi connectivity index (χ1v) is 2.19. The van der Waals surface area contributed by atoms with Gasteiger partial charge in [0.25, 0.3) is 0 Å². The molecular formula is C4H7ClN2. The van der Waals surface area contributed by atoms with Crippen LogP contribution >= 0.6 is 11.6 Å².